The summed E-state index contributed by atoms with van der Waals surface area (Å²) >= 11 is 0. The van der Waals surface area contributed by atoms with Gasteiger partial charge in [-0.2, -0.15) is 0 Å². The van der Waals surface area contributed by atoms with E-state index in [0.29, 0.717) is 0 Å². The molecule has 8 aromatic carbocycles. The minimum Gasteiger partial charge on any atom is -0.456 e. The van der Waals surface area contributed by atoms with Crippen LogP contribution in [0.3, 0.4) is 0 Å². The maximum absolute atomic E-state index is 6.79. The topological polar surface area (TPSA) is 26.3 Å². The Morgan fingerprint density at radius 2 is 0.913 bits per heavy atom. The van der Waals surface area contributed by atoms with E-state index in [-0.39, 0.29) is 0 Å². The van der Waals surface area contributed by atoms with Crippen molar-refractivity contribution in [2.45, 2.75) is 0 Å². The van der Waals surface area contributed by atoms with Gasteiger partial charge in [-0.25, -0.2) is 0 Å². The molecule has 10 aromatic rings. The molecule has 2 heterocycles. The molecule has 0 spiro atoms. The van der Waals surface area contributed by atoms with Crippen LogP contribution in [0, 0.1) is 0 Å². The number of hydrogen-bond acceptors (Lipinski definition) is 2. The van der Waals surface area contributed by atoms with Crippen molar-refractivity contribution in [3.8, 4) is 33.6 Å². The minimum absolute atomic E-state index is 0.842. The molecule has 0 aliphatic rings. The maximum atomic E-state index is 6.79. The van der Waals surface area contributed by atoms with Crippen LogP contribution in [0.1, 0.15) is 0 Å². The highest BCUT2D eigenvalue weighted by molar-refractivity contribution is 6.29. The maximum Gasteiger partial charge on any atom is 0.144 e. The van der Waals surface area contributed by atoms with Gasteiger partial charge in [0.2, 0.25) is 0 Å². The molecule has 2 aromatic heterocycles. The Labute approximate surface area is 264 Å². The standard InChI is InChI=1S/C44H26O2/c1-2-14-28(15-3-1)39-26-37-40(45-39)25-36-30-18-10-11-24-38(30)46-44(36)43(37)42-34-21-8-6-19-32(34)41(33-20-7-9-22-35(33)42)31-23-12-16-27-13-4-5-17-29(27)31/h1-26H. The number of benzene rings is 8. The molecule has 2 nitrogen and oxygen atoms in total. The third-order valence-corrected chi connectivity index (χ3v) is 9.47. The summed E-state index contributed by atoms with van der Waals surface area (Å²) < 4.78 is 13.5. The van der Waals surface area contributed by atoms with E-state index in [1.165, 1.54) is 43.4 Å². The van der Waals surface area contributed by atoms with Crippen LogP contribution in [0.15, 0.2) is 167 Å². The molecule has 0 unspecified atom stereocenters. The number of fused-ring (bicyclic) bond motifs is 7. The first-order valence-electron chi connectivity index (χ1n) is 15.7. The van der Waals surface area contributed by atoms with Crippen LogP contribution in [0.25, 0.3) is 98.8 Å². The zero-order valence-electron chi connectivity index (χ0n) is 24.8. The van der Waals surface area contributed by atoms with Gasteiger partial charge in [-0.1, -0.05) is 140 Å². The lowest BCUT2D eigenvalue weighted by atomic mass is 9.83. The molecule has 2 heteroatoms. The molecular formula is C44H26O2. The van der Waals surface area contributed by atoms with E-state index in [4.69, 9.17) is 8.83 Å². The fourth-order valence-electron chi connectivity index (χ4n) is 7.48. The number of para-hydroxylation sites is 1. The van der Waals surface area contributed by atoms with E-state index in [1.54, 1.807) is 0 Å². The van der Waals surface area contributed by atoms with E-state index in [0.717, 1.165) is 55.4 Å². The smallest absolute Gasteiger partial charge is 0.144 e. The van der Waals surface area contributed by atoms with E-state index in [9.17, 15) is 0 Å². The Hall–Kier alpha value is -6.12. The normalized spacial score (nSPS) is 11.9. The van der Waals surface area contributed by atoms with Gasteiger partial charge < -0.3 is 8.83 Å². The van der Waals surface area contributed by atoms with Crippen LogP contribution in [0.2, 0.25) is 0 Å². The molecule has 0 saturated heterocycles. The Balaban J connectivity index is 1.41. The van der Waals surface area contributed by atoms with Crippen LogP contribution in [-0.4, -0.2) is 0 Å². The second-order valence-electron chi connectivity index (χ2n) is 12.0. The van der Waals surface area contributed by atoms with Crippen molar-refractivity contribution in [1.82, 2.24) is 0 Å². The van der Waals surface area contributed by atoms with E-state index < -0.39 is 0 Å². The summed E-state index contributed by atoms with van der Waals surface area (Å²) in [7, 11) is 0. The van der Waals surface area contributed by atoms with Gasteiger partial charge in [-0.3, -0.25) is 0 Å². The lowest BCUT2D eigenvalue weighted by molar-refractivity contribution is 0.631. The average molecular weight is 587 g/mol. The lowest BCUT2D eigenvalue weighted by Crippen LogP contribution is -1.92. The molecule has 0 fully saturated rings. The fourth-order valence-corrected chi connectivity index (χ4v) is 7.48. The van der Waals surface area contributed by atoms with E-state index in [2.05, 4.69) is 146 Å². The first-order valence-corrected chi connectivity index (χ1v) is 15.7. The second kappa shape index (κ2) is 9.69. The van der Waals surface area contributed by atoms with Crippen molar-refractivity contribution >= 4 is 65.2 Å². The van der Waals surface area contributed by atoms with Crippen molar-refractivity contribution in [2.24, 2.45) is 0 Å². The van der Waals surface area contributed by atoms with E-state index in [1.807, 2.05) is 12.1 Å². The predicted molar refractivity (Wildman–Crippen MR) is 192 cm³/mol. The molecule has 46 heavy (non-hydrogen) atoms. The molecule has 0 radical (unpaired) electrons. The summed E-state index contributed by atoms with van der Waals surface area (Å²) in [5, 5.41) is 10.4. The highest BCUT2D eigenvalue weighted by atomic mass is 16.3. The highest BCUT2D eigenvalue weighted by Crippen LogP contribution is 2.50. The van der Waals surface area contributed by atoms with Crippen molar-refractivity contribution < 1.29 is 8.83 Å². The van der Waals surface area contributed by atoms with Crippen molar-refractivity contribution in [3.63, 3.8) is 0 Å². The van der Waals surface area contributed by atoms with Gasteiger partial charge in [0.1, 0.15) is 22.5 Å². The molecule has 0 aliphatic heterocycles. The van der Waals surface area contributed by atoms with Crippen molar-refractivity contribution in [3.05, 3.63) is 158 Å². The average Bonchev–Trinajstić information content (AvgIpc) is 3.72. The zero-order chi connectivity index (χ0) is 30.2. The summed E-state index contributed by atoms with van der Waals surface area (Å²) in [6.07, 6.45) is 0. The summed E-state index contributed by atoms with van der Waals surface area (Å²) in [6, 6.07) is 55.9. The fraction of sp³-hybridized carbons (Fsp3) is 0. The monoisotopic (exact) mass is 586 g/mol. The van der Waals surface area contributed by atoms with Crippen LogP contribution in [0.4, 0.5) is 0 Å². The van der Waals surface area contributed by atoms with Gasteiger partial charge in [0, 0.05) is 32.8 Å². The van der Waals surface area contributed by atoms with Crippen LogP contribution < -0.4 is 0 Å². The van der Waals surface area contributed by atoms with E-state index >= 15 is 0 Å². The molecule has 214 valence electrons. The van der Waals surface area contributed by atoms with Gasteiger partial charge in [0.05, 0.1) is 0 Å². The highest BCUT2D eigenvalue weighted by Gasteiger charge is 2.25. The third-order valence-electron chi connectivity index (χ3n) is 9.47. The Bertz CT molecular complexity index is 2740. The second-order valence-corrected chi connectivity index (χ2v) is 12.0. The van der Waals surface area contributed by atoms with Gasteiger partial charge in [-0.05, 0) is 61.6 Å². The van der Waals surface area contributed by atoms with Gasteiger partial charge in [0.25, 0.3) is 0 Å². The Morgan fingerprint density at radius 1 is 0.326 bits per heavy atom. The summed E-state index contributed by atoms with van der Waals surface area (Å²) in [5.74, 6) is 0.842. The van der Waals surface area contributed by atoms with Crippen molar-refractivity contribution in [1.29, 1.82) is 0 Å². The lowest BCUT2D eigenvalue weighted by Gasteiger charge is -2.19. The Kier molecular flexibility index (Phi) is 5.31. The van der Waals surface area contributed by atoms with Crippen LogP contribution in [-0.2, 0) is 0 Å². The SMILES string of the molecule is c1ccc(-c2cc3c(-c4c5ccccc5c(-c5cccc6ccccc56)c5ccccc45)c4oc5ccccc5c4cc3o2)cc1. The molecule has 0 amide bonds. The number of rotatable bonds is 3. The van der Waals surface area contributed by atoms with Gasteiger partial charge in [-0.15, -0.1) is 0 Å². The first kappa shape index (κ1) is 25.2. The van der Waals surface area contributed by atoms with Gasteiger partial charge in [0.15, 0.2) is 0 Å². The molecule has 0 aliphatic carbocycles. The molecule has 0 bridgehead atoms. The summed E-state index contributed by atoms with van der Waals surface area (Å²) in [4.78, 5) is 0. The van der Waals surface area contributed by atoms with Crippen LogP contribution >= 0.6 is 0 Å². The predicted octanol–water partition coefficient (Wildman–Crippen LogP) is 12.8. The molecular weight excluding hydrogens is 560 g/mol. The van der Waals surface area contributed by atoms with Gasteiger partial charge >= 0.3 is 0 Å². The number of furan rings is 2. The minimum atomic E-state index is 0.842. The largest absolute Gasteiger partial charge is 0.456 e. The molecule has 0 saturated carbocycles. The quantitative estimate of drug-likeness (QED) is 0.193. The zero-order valence-corrected chi connectivity index (χ0v) is 24.8. The first-order chi connectivity index (χ1) is 22.8. The Morgan fingerprint density at radius 3 is 1.65 bits per heavy atom. The van der Waals surface area contributed by atoms with Crippen molar-refractivity contribution in [2.75, 3.05) is 0 Å². The summed E-state index contributed by atoms with van der Waals surface area (Å²) in [5.41, 5.74) is 8.34. The third kappa shape index (κ3) is 3.59. The molecule has 10 rings (SSSR count). The van der Waals surface area contributed by atoms with Crippen LogP contribution in [0.5, 0.6) is 0 Å². The number of hydrogen-bond donors (Lipinski definition) is 0. The molecule has 0 N–H and O–H groups in total. The summed E-state index contributed by atoms with van der Waals surface area (Å²) in [6.45, 7) is 0. The molecule has 0 atom stereocenters.